The maximum absolute atomic E-state index is 14.4. The Balaban J connectivity index is 1.56. The summed E-state index contributed by atoms with van der Waals surface area (Å²) in [6, 6.07) is 13.2. The van der Waals surface area contributed by atoms with Crippen LogP contribution in [-0.4, -0.2) is 22.4 Å². The van der Waals surface area contributed by atoms with Gasteiger partial charge in [0.2, 0.25) is 5.13 Å². The Bertz CT molecular complexity index is 875. The lowest BCUT2D eigenvalue weighted by Gasteiger charge is -2.18. The second kappa shape index (κ2) is 10.4. The van der Waals surface area contributed by atoms with Crippen molar-refractivity contribution < 1.29 is 4.39 Å². The van der Waals surface area contributed by atoms with Crippen LogP contribution in [0.1, 0.15) is 11.1 Å². The molecule has 0 bridgehead atoms. The monoisotopic (exact) mass is 418 g/mol. The van der Waals surface area contributed by atoms with Crippen molar-refractivity contribution in [3.8, 4) is 0 Å². The van der Waals surface area contributed by atoms with Crippen LogP contribution in [-0.2, 0) is 13.0 Å². The Morgan fingerprint density at radius 3 is 2.64 bits per heavy atom. The maximum atomic E-state index is 14.4. The number of nitrogens with two attached hydrogens (primary N) is 2. The molecule has 2 aromatic carbocycles. The van der Waals surface area contributed by atoms with E-state index >= 15 is 0 Å². The minimum atomic E-state index is -0.301. The fraction of sp³-hybridized carbons (Fsp3) is 0.263. The van der Waals surface area contributed by atoms with Crippen LogP contribution in [0.5, 0.6) is 0 Å². The van der Waals surface area contributed by atoms with E-state index in [9.17, 15) is 4.39 Å². The Morgan fingerprint density at radius 2 is 1.96 bits per heavy atom. The molecule has 0 spiro atoms. The largest absolute Gasteiger partial charge is 0.385 e. The molecule has 0 saturated heterocycles. The van der Waals surface area contributed by atoms with Gasteiger partial charge in [-0.1, -0.05) is 24.3 Å². The molecule has 28 heavy (non-hydrogen) atoms. The lowest BCUT2D eigenvalue weighted by atomic mass is 9.95. The minimum absolute atomic E-state index is 0.226. The molecule has 1 heterocycles. The predicted octanol–water partition coefficient (Wildman–Crippen LogP) is 3.48. The fourth-order valence-electron chi connectivity index (χ4n) is 2.78. The van der Waals surface area contributed by atoms with Gasteiger partial charge in [-0.15, -0.1) is 0 Å². The zero-order valence-electron chi connectivity index (χ0n) is 15.3. The number of aromatic nitrogens is 2. The van der Waals surface area contributed by atoms with E-state index in [1.807, 2.05) is 24.3 Å². The van der Waals surface area contributed by atoms with E-state index in [0.29, 0.717) is 29.7 Å². The number of nitrogens with zero attached hydrogens (tertiary/aromatic N) is 2. The predicted molar refractivity (Wildman–Crippen MR) is 115 cm³/mol. The summed E-state index contributed by atoms with van der Waals surface area (Å²) < 4.78 is 21.2. The first-order valence-electron chi connectivity index (χ1n) is 8.89. The summed E-state index contributed by atoms with van der Waals surface area (Å²) in [5.41, 5.74) is 14.8. The van der Waals surface area contributed by atoms with E-state index in [0.717, 1.165) is 17.7 Å². The summed E-state index contributed by atoms with van der Waals surface area (Å²) >= 11 is 2.39. The Labute approximate surface area is 172 Å². The van der Waals surface area contributed by atoms with Gasteiger partial charge in [0.25, 0.3) is 0 Å². The molecule has 0 aliphatic carbocycles. The molecule has 9 heteroatoms. The SMILES string of the molecule is NCc1ccccc1CC(CN)CNc1ccc(SNc2ncns2)c(F)c1. The molecule has 0 aliphatic rings. The normalized spacial score (nSPS) is 12.0. The van der Waals surface area contributed by atoms with Crippen LogP contribution in [0, 0.1) is 11.7 Å². The van der Waals surface area contributed by atoms with E-state index in [-0.39, 0.29) is 11.7 Å². The molecule has 1 aromatic heterocycles. The van der Waals surface area contributed by atoms with E-state index in [2.05, 4.69) is 25.5 Å². The smallest absolute Gasteiger partial charge is 0.212 e. The molecule has 0 amide bonds. The van der Waals surface area contributed by atoms with Crippen LogP contribution in [0.3, 0.4) is 0 Å². The van der Waals surface area contributed by atoms with E-state index < -0.39 is 0 Å². The first kappa shape index (κ1) is 20.5. The van der Waals surface area contributed by atoms with Gasteiger partial charge in [0.15, 0.2) is 0 Å². The number of rotatable bonds is 10. The zero-order chi connectivity index (χ0) is 19.8. The molecular weight excluding hydrogens is 395 g/mol. The van der Waals surface area contributed by atoms with E-state index in [1.54, 1.807) is 6.07 Å². The lowest BCUT2D eigenvalue weighted by molar-refractivity contribution is 0.560. The van der Waals surface area contributed by atoms with Crippen molar-refractivity contribution in [1.82, 2.24) is 9.36 Å². The molecule has 3 rings (SSSR count). The molecule has 0 radical (unpaired) electrons. The second-order valence-electron chi connectivity index (χ2n) is 6.26. The van der Waals surface area contributed by atoms with E-state index in [4.69, 9.17) is 11.5 Å². The number of nitrogens with one attached hydrogen (secondary N) is 2. The molecule has 6 N–H and O–H groups in total. The summed E-state index contributed by atoms with van der Waals surface area (Å²) in [4.78, 5) is 4.50. The van der Waals surface area contributed by atoms with Crippen molar-refractivity contribution in [3.63, 3.8) is 0 Å². The quantitative estimate of drug-likeness (QED) is 0.374. The van der Waals surface area contributed by atoms with Crippen LogP contribution >= 0.6 is 23.5 Å². The van der Waals surface area contributed by atoms with Crippen molar-refractivity contribution >= 4 is 34.3 Å². The highest BCUT2D eigenvalue weighted by atomic mass is 32.2. The third-order valence-electron chi connectivity index (χ3n) is 4.32. The van der Waals surface area contributed by atoms with Gasteiger partial charge in [-0.25, -0.2) is 9.37 Å². The number of halogens is 1. The summed E-state index contributed by atoms with van der Waals surface area (Å²) in [5, 5.41) is 3.92. The highest BCUT2D eigenvalue weighted by Crippen LogP contribution is 2.26. The highest BCUT2D eigenvalue weighted by molar-refractivity contribution is 8.00. The van der Waals surface area contributed by atoms with Gasteiger partial charge in [0, 0.05) is 30.3 Å². The van der Waals surface area contributed by atoms with Crippen LogP contribution < -0.4 is 21.5 Å². The van der Waals surface area contributed by atoms with Gasteiger partial charge in [-0.3, -0.25) is 0 Å². The van der Waals surface area contributed by atoms with Crippen LogP contribution in [0.25, 0.3) is 0 Å². The minimum Gasteiger partial charge on any atom is -0.385 e. The first-order chi connectivity index (χ1) is 13.7. The van der Waals surface area contributed by atoms with Gasteiger partial charge in [-0.2, -0.15) is 4.37 Å². The number of anilines is 2. The van der Waals surface area contributed by atoms with Crippen molar-refractivity contribution in [2.75, 3.05) is 23.1 Å². The topological polar surface area (TPSA) is 102 Å². The van der Waals surface area contributed by atoms with Gasteiger partial charge in [0.1, 0.15) is 12.1 Å². The molecule has 3 aromatic rings. The van der Waals surface area contributed by atoms with Crippen molar-refractivity contribution in [2.45, 2.75) is 17.9 Å². The van der Waals surface area contributed by atoms with Crippen molar-refractivity contribution in [2.24, 2.45) is 17.4 Å². The van der Waals surface area contributed by atoms with Gasteiger partial charge in [-0.05, 0) is 60.2 Å². The third kappa shape index (κ3) is 5.65. The third-order valence-corrected chi connectivity index (χ3v) is 5.87. The van der Waals surface area contributed by atoms with Gasteiger partial charge in [0.05, 0.1) is 4.90 Å². The molecule has 1 unspecified atom stereocenters. The first-order valence-corrected chi connectivity index (χ1v) is 10.5. The summed E-state index contributed by atoms with van der Waals surface area (Å²) in [7, 11) is 0. The summed E-state index contributed by atoms with van der Waals surface area (Å²) in [6.07, 6.45) is 2.29. The Kier molecular flexibility index (Phi) is 7.61. The molecule has 0 fully saturated rings. The van der Waals surface area contributed by atoms with Crippen LogP contribution in [0.15, 0.2) is 53.7 Å². The van der Waals surface area contributed by atoms with Crippen LogP contribution in [0.2, 0.25) is 0 Å². The highest BCUT2D eigenvalue weighted by Gasteiger charge is 2.11. The molecule has 1 atom stereocenters. The Hall–Kier alpha value is -2.20. The Morgan fingerprint density at radius 1 is 1.14 bits per heavy atom. The standard InChI is InChI=1S/C19H23FN6S2/c20-17-8-16(5-6-18(17)27-26-19-24-12-25-28-19)23-11-13(9-21)7-14-3-1-2-4-15(14)10-22/h1-6,8,12-13,23H,7,9-11,21-22H2,(H,24,25,26). The van der Waals surface area contributed by atoms with E-state index in [1.165, 1.54) is 41.4 Å². The van der Waals surface area contributed by atoms with Crippen LogP contribution in [0.4, 0.5) is 15.2 Å². The molecule has 6 nitrogen and oxygen atoms in total. The molecule has 0 aliphatic heterocycles. The number of hydrogen-bond donors (Lipinski definition) is 4. The summed E-state index contributed by atoms with van der Waals surface area (Å²) in [5.74, 6) is -0.0753. The van der Waals surface area contributed by atoms with Crippen molar-refractivity contribution in [3.05, 3.63) is 65.7 Å². The zero-order valence-corrected chi connectivity index (χ0v) is 16.9. The average Bonchev–Trinajstić information content (AvgIpc) is 3.24. The number of hydrogen-bond acceptors (Lipinski definition) is 8. The molecule has 0 saturated carbocycles. The average molecular weight is 419 g/mol. The van der Waals surface area contributed by atoms with Crippen molar-refractivity contribution in [1.29, 1.82) is 0 Å². The second-order valence-corrected chi connectivity index (χ2v) is 7.88. The molecule has 148 valence electrons. The molecular formula is C19H23FN6S2. The van der Waals surface area contributed by atoms with Gasteiger partial charge >= 0.3 is 0 Å². The number of benzene rings is 2. The maximum Gasteiger partial charge on any atom is 0.212 e. The fourth-order valence-corrected chi connectivity index (χ4v) is 3.88. The lowest BCUT2D eigenvalue weighted by Crippen LogP contribution is -2.25. The van der Waals surface area contributed by atoms with Gasteiger partial charge < -0.3 is 21.5 Å². The summed E-state index contributed by atoms with van der Waals surface area (Å²) in [6.45, 7) is 1.70.